The molecule has 1 N–H and O–H groups in total. The molecule has 0 heterocycles. The van der Waals surface area contributed by atoms with Crippen LogP contribution in [-0.4, -0.2) is 34.3 Å². The Morgan fingerprint density at radius 1 is 0.756 bits per heavy atom. The Balaban J connectivity index is 1.52. The molecular formula is C28H15Cl5F9NO2. The van der Waals surface area contributed by atoms with E-state index in [0.29, 0.717) is 17.7 Å². The zero-order chi connectivity index (χ0) is 33.9. The molecule has 1 saturated carbocycles. The van der Waals surface area contributed by atoms with Crippen LogP contribution < -0.4 is 5.32 Å². The first-order chi connectivity index (χ1) is 20.5. The summed E-state index contributed by atoms with van der Waals surface area (Å²) in [6.07, 6.45) is -14.2. The molecule has 0 aliphatic heterocycles. The highest BCUT2D eigenvalue weighted by atomic mass is 35.5. The van der Waals surface area contributed by atoms with Crippen LogP contribution in [-0.2, 0) is 16.9 Å². The van der Waals surface area contributed by atoms with Crippen molar-refractivity contribution in [1.82, 2.24) is 0 Å². The lowest BCUT2D eigenvalue weighted by molar-refractivity contribution is -0.389. The van der Waals surface area contributed by atoms with Gasteiger partial charge in [-0.15, -0.1) is 23.2 Å². The Labute approximate surface area is 273 Å². The van der Waals surface area contributed by atoms with Gasteiger partial charge in [0, 0.05) is 39.2 Å². The predicted octanol–water partition coefficient (Wildman–Crippen LogP) is 10.5. The Kier molecular flexibility index (Phi) is 9.47. The molecule has 4 rings (SSSR count). The number of hydrogen-bond donors (Lipinski definition) is 1. The molecule has 1 aliphatic rings. The van der Waals surface area contributed by atoms with Gasteiger partial charge in [-0.2, -0.15) is 35.1 Å². The first kappa shape index (κ1) is 35.5. The molecule has 1 amide bonds. The topological polar surface area (TPSA) is 46.2 Å². The van der Waals surface area contributed by atoms with Crippen LogP contribution in [0.3, 0.4) is 0 Å². The normalized spacial score (nSPS) is 19.5. The molecule has 0 aromatic heterocycles. The number of carbonyl (C=O) groups is 2. The first-order valence-electron chi connectivity index (χ1n) is 12.3. The molecule has 3 aromatic carbocycles. The van der Waals surface area contributed by atoms with Crippen LogP contribution in [0.15, 0.2) is 60.7 Å². The molecule has 3 aromatic rings. The lowest BCUT2D eigenvalue weighted by Gasteiger charge is -2.36. The van der Waals surface area contributed by atoms with E-state index in [1.807, 2.05) is 0 Å². The second-order valence-corrected chi connectivity index (χ2v) is 12.8. The van der Waals surface area contributed by atoms with Crippen LogP contribution in [0.1, 0.15) is 33.0 Å². The molecule has 0 saturated heterocycles. The third-order valence-corrected chi connectivity index (χ3v) is 8.72. The van der Waals surface area contributed by atoms with E-state index in [0.717, 1.165) is 6.07 Å². The summed E-state index contributed by atoms with van der Waals surface area (Å²) >= 11 is 30.8. The van der Waals surface area contributed by atoms with Gasteiger partial charge < -0.3 is 5.32 Å². The number of ketones is 1. The number of hydrogen-bond acceptors (Lipinski definition) is 2. The van der Waals surface area contributed by atoms with Crippen molar-refractivity contribution in [2.24, 2.45) is 5.92 Å². The summed E-state index contributed by atoms with van der Waals surface area (Å²) in [7, 11) is 0. The van der Waals surface area contributed by atoms with Crippen molar-refractivity contribution in [3.8, 4) is 0 Å². The van der Waals surface area contributed by atoms with E-state index in [1.54, 1.807) is 0 Å². The summed E-state index contributed by atoms with van der Waals surface area (Å²) in [5.41, 5.74) is -7.95. The zero-order valence-electron chi connectivity index (χ0n) is 21.7. The van der Waals surface area contributed by atoms with Crippen LogP contribution in [0.5, 0.6) is 0 Å². The van der Waals surface area contributed by atoms with Crippen molar-refractivity contribution in [1.29, 1.82) is 0 Å². The number of carbonyl (C=O) groups excluding carboxylic acids is 2. The Morgan fingerprint density at radius 3 is 1.82 bits per heavy atom. The summed E-state index contributed by atoms with van der Waals surface area (Å²) in [5, 5.41) is 2.99. The van der Waals surface area contributed by atoms with E-state index in [1.165, 1.54) is 30.3 Å². The third-order valence-electron chi connectivity index (χ3n) is 7.01. The highest BCUT2D eigenvalue weighted by Gasteiger charge is 2.81. The van der Waals surface area contributed by atoms with E-state index in [4.69, 9.17) is 58.0 Å². The highest BCUT2D eigenvalue weighted by Crippen LogP contribution is 2.65. The van der Waals surface area contributed by atoms with Crippen molar-refractivity contribution in [2.45, 2.75) is 40.6 Å². The molecule has 45 heavy (non-hydrogen) atoms. The fraction of sp³-hybridized carbons (Fsp3) is 0.286. The fourth-order valence-electron chi connectivity index (χ4n) is 4.71. The summed E-state index contributed by atoms with van der Waals surface area (Å²) in [6, 6.07) is 9.63. The number of benzene rings is 3. The summed E-state index contributed by atoms with van der Waals surface area (Å²) in [5.74, 6) is -9.93. The standard InChI is InChI=1S/C28H15Cl5F9NO2/c29-15-8-13(9-16(30)10-15)21-22(24(21,32)33)23(45)43-17-5-6-19(31)18(11-17)20(44)7-12-1-3-14(4-2-12)25(34,27(37,38)39)26(35,36)28(40,41)42/h1-6,8-11,21-22H,7H2,(H,43,45). The van der Waals surface area contributed by atoms with E-state index in [-0.39, 0.29) is 44.0 Å². The molecule has 0 spiro atoms. The molecule has 3 nitrogen and oxygen atoms in total. The quantitative estimate of drug-likeness (QED) is 0.142. The summed E-state index contributed by atoms with van der Waals surface area (Å²) in [6.45, 7) is 0. The fourth-order valence-corrected chi connectivity index (χ4v) is 6.30. The van der Waals surface area contributed by atoms with Crippen LogP contribution in [0, 0.1) is 5.92 Å². The van der Waals surface area contributed by atoms with Crippen molar-refractivity contribution in [2.75, 3.05) is 5.32 Å². The monoisotopic (exact) mass is 743 g/mol. The Bertz CT molecular complexity index is 1620. The second-order valence-electron chi connectivity index (χ2n) is 10.0. The zero-order valence-corrected chi connectivity index (χ0v) is 25.5. The van der Waals surface area contributed by atoms with E-state index in [2.05, 4.69) is 5.32 Å². The SMILES string of the molecule is O=C(Cc1ccc(C(F)(C(F)(F)F)C(F)(F)C(F)(F)F)cc1)c1cc(NC(=O)C2C(c3cc(Cl)cc(Cl)c3)C2(Cl)Cl)ccc1Cl. The third kappa shape index (κ3) is 6.58. The minimum atomic E-state index is -6.87. The van der Waals surface area contributed by atoms with Gasteiger partial charge in [0.2, 0.25) is 5.91 Å². The predicted molar refractivity (Wildman–Crippen MR) is 152 cm³/mol. The lowest BCUT2D eigenvalue weighted by Crippen LogP contribution is -2.59. The minimum absolute atomic E-state index is 0.0591. The number of rotatable bonds is 8. The molecule has 3 unspecified atom stereocenters. The first-order valence-corrected chi connectivity index (χ1v) is 14.2. The van der Waals surface area contributed by atoms with Gasteiger partial charge >= 0.3 is 23.9 Å². The van der Waals surface area contributed by atoms with Gasteiger partial charge in [-0.1, -0.05) is 59.1 Å². The minimum Gasteiger partial charge on any atom is -0.326 e. The van der Waals surface area contributed by atoms with Crippen molar-refractivity contribution >= 4 is 75.4 Å². The van der Waals surface area contributed by atoms with Crippen LogP contribution in [0.25, 0.3) is 0 Å². The molecule has 1 fully saturated rings. The lowest BCUT2D eigenvalue weighted by atomic mass is 9.87. The van der Waals surface area contributed by atoms with Crippen LogP contribution in [0.4, 0.5) is 45.2 Å². The molecular weight excluding hydrogens is 731 g/mol. The summed E-state index contributed by atoms with van der Waals surface area (Å²) < 4.78 is 119. The number of halogens is 14. The molecule has 242 valence electrons. The van der Waals surface area contributed by atoms with E-state index < -0.39 is 63.8 Å². The van der Waals surface area contributed by atoms with Crippen LogP contribution >= 0.6 is 58.0 Å². The van der Waals surface area contributed by atoms with E-state index >= 15 is 0 Å². The van der Waals surface area contributed by atoms with Gasteiger partial charge in [0.05, 0.1) is 10.9 Å². The van der Waals surface area contributed by atoms with Gasteiger partial charge in [0.1, 0.15) is 4.33 Å². The number of alkyl halides is 11. The number of nitrogens with one attached hydrogen (secondary N) is 1. The maximum absolute atomic E-state index is 14.7. The van der Waals surface area contributed by atoms with Gasteiger partial charge in [-0.3, -0.25) is 9.59 Å². The molecule has 0 radical (unpaired) electrons. The maximum Gasteiger partial charge on any atom is 0.457 e. The van der Waals surface area contributed by atoms with Crippen molar-refractivity contribution < 1.29 is 49.1 Å². The second kappa shape index (κ2) is 12.0. The van der Waals surface area contributed by atoms with E-state index in [9.17, 15) is 49.1 Å². The average molecular weight is 746 g/mol. The van der Waals surface area contributed by atoms with Crippen molar-refractivity contribution in [3.05, 3.63) is 98.0 Å². The van der Waals surface area contributed by atoms with Gasteiger partial charge in [-0.05, 0) is 47.5 Å². The molecule has 1 aliphatic carbocycles. The maximum atomic E-state index is 14.7. The molecule has 3 atom stereocenters. The largest absolute Gasteiger partial charge is 0.457 e. The van der Waals surface area contributed by atoms with Gasteiger partial charge in [0.25, 0.3) is 0 Å². The number of anilines is 1. The Morgan fingerprint density at radius 2 is 1.31 bits per heavy atom. The highest BCUT2D eigenvalue weighted by molar-refractivity contribution is 6.53. The molecule has 17 heteroatoms. The number of amides is 1. The molecule has 0 bridgehead atoms. The number of Topliss-reactive ketones (excluding diaryl/α,β-unsaturated/α-hetero) is 1. The van der Waals surface area contributed by atoms with Crippen molar-refractivity contribution in [3.63, 3.8) is 0 Å². The average Bonchev–Trinajstić information content (AvgIpc) is 3.49. The van der Waals surface area contributed by atoms with Crippen LogP contribution in [0.2, 0.25) is 15.1 Å². The Hall–Kier alpha value is -2.38. The summed E-state index contributed by atoms with van der Waals surface area (Å²) in [4.78, 5) is 26.0. The van der Waals surface area contributed by atoms with Gasteiger partial charge in [0.15, 0.2) is 5.78 Å². The van der Waals surface area contributed by atoms with Gasteiger partial charge in [-0.25, -0.2) is 4.39 Å². The smallest absolute Gasteiger partial charge is 0.326 e.